The molecule has 0 radical (unpaired) electrons. The molecule has 5 heteroatoms. The highest BCUT2D eigenvalue weighted by atomic mass is 28.3. The maximum Gasteiger partial charge on any atom is 0.216 e. The van der Waals surface area contributed by atoms with Crippen LogP contribution in [0.15, 0.2) is 89.4 Å². The lowest BCUT2D eigenvalue weighted by molar-refractivity contribution is -0.661. The van der Waals surface area contributed by atoms with E-state index in [4.69, 9.17) is 8.53 Å². The Morgan fingerprint density at radius 2 is 1.62 bits per heavy atom. The molecular weight excluding hydrogens is 499 g/mol. The highest BCUT2D eigenvalue weighted by Gasteiger charge is 2.37. The standard InChI is InChI=1S/C34H26FN2OSi/c1-20-9-13-26-27-15-11-22(18-36)32(34(27)38-33(26)31(20)28-16-12-23(35)19-37(28)2)21-10-14-25-24-7-5-6-8-29(24)39(3,4)30(25)17-21/h5-17,19H,1-4H3/q+1/i12D,16D,19D. The number of hydrogen-bond donors (Lipinski definition) is 0. The number of rotatable bonds is 2. The zero-order chi connectivity index (χ0) is 29.7. The molecule has 3 heterocycles. The lowest BCUT2D eigenvalue weighted by Crippen LogP contribution is -2.49. The van der Waals surface area contributed by atoms with Gasteiger partial charge in [0.05, 0.1) is 19.9 Å². The van der Waals surface area contributed by atoms with Crippen LogP contribution in [0.5, 0.6) is 0 Å². The molecule has 1 aliphatic heterocycles. The third kappa shape index (κ3) is 3.28. The number of furan rings is 1. The third-order valence-electron chi connectivity index (χ3n) is 8.14. The number of nitriles is 1. The van der Waals surface area contributed by atoms with E-state index in [0.29, 0.717) is 27.9 Å². The Kier molecular flexibility index (Phi) is 4.31. The molecule has 0 spiro atoms. The number of pyridine rings is 1. The van der Waals surface area contributed by atoms with Crippen LogP contribution in [-0.2, 0) is 7.05 Å². The van der Waals surface area contributed by atoms with Gasteiger partial charge in [0, 0.05) is 22.4 Å². The van der Waals surface area contributed by atoms with Crippen LogP contribution in [0, 0.1) is 24.1 Å². The number of hydrogen-bond acceptors (Lipinski definition) is 2. The minimum Gasteiger partial charge on any atom is -0.454 e. The van der Waals surface area contributed by atoms with Crippen LogP contribution in [-0.4, -0.2) is 8.07 Å². The summed E-state index contributed by atoms with van der Waals surface area (Å²) < 4.78 is 47.4. The van der Waals surface area contributed by atoms with Gasteiger partial charge in [0.15, 0.2) is 5.82 Å². The first-order valence-corrected chi connectivity index (χ1v) is 15.9. The summed E-state index contributed by atoms with van der Waals surface area (Å²) in [6.07, 6.45) is -0.475. The molecule has 188 valence electrons. The predicted octanol–water partition coefficient (Wildman–Crippen LogP) is 6.87. The van der Waals surface area contributed by atoms with Gasteiger partial charge >= 0.3 is 0 Å². The summed E-state index contributed by atoms with van der Waals surface area (Å²) in [5, 5.41) is 14.5. The van der Waals surface area contributed by atoms with E-state index in [1.54, 1.807) is 0 Å². The van der Waals surface area contributed by atoms with Crippen LogP contribution in [0.25, 0.3) is 55.4 Å². The van der Waals surface area contributed by atoms with E-state index in [2.05, 4.69) is 61.6 Å². The Morgan fingerprint density at radius 1 is 0.897 bits per heavy atom. The molecule has 7 rings (SSSR count). The van der Waals surface area contributed by atoms with Crippen molar-refractivity contribution >= 4 is 40.4 Å². The number of fused-ring (bicyclic) bond motifs is 6. The number of halogens is 1. The largest absolute Gasteiger partial charge is 0.454 e. The minimum atomic E-state index is -1.96. The predicted molar refractivity (Wildman–Crippen MR) is 157 cm³/mol. The molecule has 3 nitrogen and oxygen atoms in total. The van der Waals surface area contributed by atoms with E-state index in [9.17, 15) is 9.65 Å². The van der Waals surface area contributed by atoms with Gasteiger partial charge in [-0.05, 0) is 57.7 Å². The van der Waals surface area contributed by atoms with Crippen LogP contribution in [0.2, 0.25) is 13.1 Å². The summed E-state index contributed by atoms with van der Waals surface area (Å²) in [5.41, 5.74) is 7.17. The fraction of sp³-hybridized carbons (Fsp3) is 0.118. The van der Waals surface area contributed by atoms with E-state index in [1.807, 2.05) is 31.2 Å². The average Bonchev–Trinajstić information content (AvgIpc) is 3.48. The van der Waals surface area contributed by atoms with Gasteiger partial charge in [0.25, 0.3) is 0 Å². The van der Waals surface area contributed by atoms with Crippen molar-refractivity contribution in [1.29, 1.82) is 5.26 Å². The summed E-state index contributed by atoms with van der Waals surface area (Å²) >= 11 is 0. The number of aryl methyl sites for hydroxylation is 1. The number of aromatic nitrogens is 1. The Morgan fingerprint density at radius 3 is 2.41 bits per heavy atom. The smallest absolute Gasteiger partial charge is 0.216 e. The maximum atomic E-state index is 14.5. The Labute approximate surface area is 231 Å². The lowest BCUT2D eigenvalue weighted by Gasteiger charge is -2.19. The Hall–Kier alpha value is -4.53. The molecule has 0 N–H and O–H groups in total. The van der Waals surface area contributed by atoms with Crippen molar-refractivity contribution in [1.82, 2.24) is 0 Å². The molecule has 4 aromatic carbocycles. The molecule has 0 unspecified atom stereocenters. The summed E-state index contributed by atoms with van der Waals surface area (Å²) in [5.74, 6) is -1.04. The summed E-state index contributed by atoms with van der Waals surface area (Å²) in [6, 6.07) is 24.0. The zero-order valence-corrected chi connectivity index (χ0v) is 23.0. The fourth-order valence-corrected chi connectivity index (χ4v) is 9.30. The van der Waals surface area contributed by atoms with Gasteiger partial charge in [-0.15, -0.1) is 0 Å². The van der Waals surface area contributed by atoms with Gasteiger partial charge in [-0.1, -0.05) is 67.7 Å². The van der Waals surface area contributed by atoms with Gasteiger partial charge in [0.1, 0.15) is 27.7 Å². The molecule has 2 aromatic heterocycles. The first-order chi connectivity index (χ1) is 20.1. The van der Waals surface area contributed by atoms with Gasteiger partial charge in [0.2, 0.25) is 11.9 Å². The van der Waals surface area contributed by atoms with Crippen molar-refractivity contribution in [2.24, 2.45) is 7.05 Å². The lowest BCUT2D eigenvalue weighted by atomic mass is 9.95. The molecule has 0 saturated carbocycles. The van der Waals surface area contributed by atoms with Crippen LogP contribution in [0.3, 0.4) is 0 Å². The first-order valence-electron chi connectivity index (χ1n) is 14.4. The van der Waals surface area contributed by atoms with E-state index in [1.165, 1.54) is 33.1 Å². The molecule has 0 atom stereocenters. The Balaban J connectivity index is 1.54. The third-order valence-corrected chi connectivity index (χ3v) is 11.7. The molecule has 0 amide bonds. The van der Waals surface area contributed by atoms with Gasteiger partial charge in [-0.2, -0.15) is 9.83 Å². The highest BCUT2D eigenvalue weighted by Crippen LogP contribution is 2.42. The quantitative estimate of drug-likeness (QED) is 0.182. The summed E-state index contributed by atoms with van der Waals surface area (Å²) in [4.78, 5) is 0. The van der Waals surface area contributed by atoms with E-state index in [-0.39, 0.29) is 11.7 Å². The second kappa shape index (κ2) is 8.23. The first kappa shape index (κ1) is 20.4. The van der Waals surface area contributed by atoms with Crippen molar-refractivity contribution in [2.75, 3.05) is 0 Å². The second-order valence-electron chi connectivity index (χ2n) is 10.7. The van der Waals surface area contributed by atoms with E-state index in [0.717, 1.165) is 21.9 Å². The van der Waals surface area contributed by atoms with Crippen LogP contribution in [0.4, 0.5) is 4.39 Å². The molecule has 0 fully saturated rings. The van der Waals surface area contributed by atoms with Crippen molar-refractivity contribution in [3.05, 3.63) is 102 Å². The Bertz CT molecular complexity index is 2190. The summed E-state index contributed by atoms with van der Waals surface area (Å²) in [6.45, 7) is 6.57. The van der Waals surface area contributed by atoms with Crippen LogP contribution in [0.1, 0.15) is 15.2 Å². The molecule has 1 aliphatic rings. The zero-order valence-electron chi connectivity index (χ0n) is 25.0. The SMILES string of the molecule is [2H]c1c([2H])c(-c2c(C)ccc3c2oc2c(-c4ccc5c(c4)[Si](C)(C)c4ccccc4-5)c(C#N)ccc23)[n+](C)c([2H])c1F. The average molecular weight is 529 g/mol. The van der Waals surface area contributed by atoms with Gasteiger partial charge < -0.3 is 4.42 Å². The second-order valence-corrected chi connectivity index (χ2v) is 15.1. The van der Waals surface area contributed by atoms with Crippen molar-refractivity contribution in [2.45, 2.75) is 20.0 Å². The van der Waals surface area contributed by atoms with Crippen molar-refractivity contribution < 1.29 is 17.5 Å². The number of nitrogens with zero attached hydrogens (tertiary/aromatic N) is 2. The molecule has 0 saturated heterocycles. The van der Waals surface area contributed by atoms with Crippen molar-refractivity contribution in [3.8, 4) is 39.6 Å². The van der Waals surface area contributed by atoms with Gasteiger partial charge in [-0.25, -0.2) is 4.39 Å². The molecular formula is C34H26FN2OSi+. The van der Waals surface area contributed by atoms with Gasteiger partial charge in [-0.3, -0.25) is 0 Å². The van der Waals surface area contributed by atoms with E-state index < -0.39 is 26.1 Å². The van der Waals surface area contributed by atoms with E-state index >= 15 is 0 Å². The fourth-order valence-electron chi connectivity index (χ4n) is 6.20. The van der Waals surface area contributed by atoms with Crippen LogP contribution >= 0.6 is 0 Å². The molecule has 39 heavy (non-hydrogen) atoms. The topological polar surface area (TPSA) is 40.8 Å². The molecule has 6 aromatic rings. The molecule has 0 aliphatic carbocycles. The highest BCUT2D eigenvalue weighted by molar-refractivity contribution is 7.03. The molecule has 0 bridgehead atoms. The maximum absolute atomic E-state index is 14.5. The normalized spacial score (nSPS) is 14.5. The minimum absolute atomic E-state index is 0.235. The monoisotopic (exact) mass is 528 g/mol. The number of benzene rings is 4. The van der Waals surface area contributed by atoms with Crippen LogP contribution < -0.4 is 14.9 Å². The van der Waals surface area contributed by atoms with Crippen molar-refractivity contribution in [3.63, 3.8) is 0 Å². The summed E-state index contributed by atoms with van der Waals surface area (Å²) in [7, 11) is -0.444.